The predicted molar refractivity (Wildman–Crippen MR) is 112 cm³/mol. The van der Waals surface area contributed by atoms with Crippen LogP contribution in [-0.2, 0) is 11.3 Å². The van der Waals surface area contributed by atoms with Gasteiger partial charge in [0.2, 0.25) is 5.91 Å². The number of piperidine rings is 1. The number of nitrogens with zero attached hydrogens (tertiary/aromatic N) is 4. The first-order valence-corrected chi connectivity index (χ1v) is 11.3. The molecular weight excluding hydrogens is 388 g/mol. The smallest absolute Gasteiger partial charge is 0.233 e. The average Bonchev–Trinajstić information content (AvgIpc) is 3.14. The fourth-order valence-corrected chi connectivity index (χ4v) is 5.06. The fraction of sp³-hybridized carbons (Fsp3) is 0.571. The second-order valence-corrected chi connectivity index (χ2v) is 8.57. The Labute approximate surface area is 175 Å². The van der Waals surface area contributed by atoms with Gasteiger partial charge in [0.15, 0.2) is 22.5 Å². The van der Waals surface area contributed by atoms with Crippen molar-refractivity contribution in [1.29, 1.82) is 0 Å². The summed E-state index contributed by atoms with van der Waals surface area (Å²) in [7, 11) is 0. The lowest BCUT2D eigenvalue weighted by molar-refractivity contribution is -0.134. The molecule has 29 heavy (non-hydrogen) atoms. The Hall–Kier alpha value is -2.22. The molecule has 1 amide bonds. The highest BCUT2D eigenvalue weighted by atomic mass is 32.2. The summed E-state index contributed by atoms with van der Waals surface area (Å²) in [5, 5.41) is 9.53. The molecule has 1 aromatic carbocycles. The number of carbonyl (C=O) groups excluding carboxylic acids is 1. The predicted octanol–water partition coefficient (Wildman–Crippen LogP) is 3.62. The molecule has 7 nitrogen and oxygen atoms in total. The van der Waals surface area contributed by atoms with Crippen LogP contribution in [-0.4, -0.2) is 56.6 Å². The summed E-state index contributed by atoms with van der Waals surface area (Å²) in [4.78, 5) is 14.9. The van der Waals surface area contributed by atoms with Crippen LogP contribution in [0.3, 0.4) is 0 Å². The summed E-state index contributed by atoms with van der Waals surface area (Å²) in [6, 6.07) is 6.45. The molecule has 0 N–H and O–H groups in total. The van der Waals surface area contributed by atoms with Crippen molar-refractivity contribution >= 4 is 17.7 Å². The zero-order valence-corrected chi connectivity index (χ0v) is 18.1. The van der Waals surface area contributed by atoms with Gasteiger partial charge in [-0.3, -0.25) is 4.79 Å². The summed E-state index contributed by atoms with van der Waals surface area (Å²) < 4.78 is 13.3. The largest absolute Gasteiger partial charge is 0.486 e. The van der Waals surface area contributed by atoms with Gasteiger partial charge >= 0.3 is 0 Å². The second-order valence-electron chi connectivity index (χ2n) is 7.63. The third-order valence-electron chi connectivity index (χ3n) is 5.64. The quantitative estimate of drug-likeness (QED) is 0.694. The molecule has 1 saturated heterocycles. The van der Waals surface area contributed by atoms with E-state index >= 15 is 0 Å². The van der Waals surface area contributed by atoms with Crippen LogP contribution in [0.5, 0.6) is 11.5 Å². The summed E-state index contributed by atoms with van der Waals surface area (Å²) >= 11 is 1.46. The third kappa shape index (κ3) is 4.08. The summed E-state index contributed by atoms with van der Waals surface area (Å²) in [6.45, 7) is 8.20. The number of fused-ring (bicyclic) bond motifs is 1. The van der Waals surface area contributed by atoms with E-state index in [1.807, 2.05) is 27.7 Å². The van der Waals surface area contributed by atoms with Gasteiger partial charge in [0, 0.05) is 24.2 Å². The van der Waals surface area contributed by atoms with E-state index in [1.165, 1.54) is 18.2 Å². The highest BCUT2D eigenvalue weighted by molar-refractivity contribution is 7.99. The van der Waals surface area contributed by atoms with Crippen LogP contribution in [0.1, 0.15) is 40.0 Å². The number of thioether (sulfide) groups is 1. The zero-order chi connectivity index (χ0) is 20.4. The molecule has 2 aliphatic heterocycles. The van der Waals surface area contributed by atoms with E-state index in [-0.39, 0.29) is 5.91 Å². The Morgan fingerprint density at radius 1 is 1.14 bits per heavy atom. The summed E-state index contributed by atoms with van der Waals surface area (Å²) in [5.74, 6) is 2.83. The lowest BCUT2D eigenvalue weighted by Crippen LogP contribution is -2.48. The SMILES string of the molecule is CCn1c(SCC(=O)N2[C@@H](C)CCC[C@@H]2C)nnc1-c1ccc2c(c1)OCCO2. The first-order valence-electron chi connectivity index (χ1n) is 10.4. The topological polar surface area (TPSA) is 69.5 Å². The number of ether oxygens (including phenoxy) is 2. The van der Waals surface area contributed by atoms with Gasteiger partial charge in [0.1, 0.15) is 13.2 Å². The molecule has 2 atom stereocenters. The van der Waals surface area contributed by atoms with Crippen LogP contribution in [0, 0.1) is 0 Å². The van der Waals surface area contributed by atoms with Crippen molar-refractivity contribution in [2.45, 2.75) is 63.8 Å². The van der Waals surface area contributed by atoms with Gasteiger partial charge in [-0.05, 0) is 58.2 Å². The molecule has 0 saturated carbocycles. The normalized spacial score (nSPS) is 21.3. The van der Waals surface area contributed by atoms with E-state index in [4.69, 9.17) is 9.47 Å². The van der Waals surface area contributed by atoms with Crippen LogP contribution < -0.4 is 9.47 Å². The number of amides is 1. The molecule has 2 aliphatic rings. The van der Waals surface area contributed by atoms with Gasteiger partial charge in [-0.25, -0.2) is 0 Å². The van der Waals surface area contributed by atoms with Gasteiger partial charge in [-0.1, -0.05) is 11.8 Å². The lowest BCUT2D eigenvalue weighted by atomic mass is 9.98. The van der Waals surface area contributed by atoms with Crippen molar-refractivity contribution in [3.8, 4) is 22.9 Å². The molecule has 1 fully saturated rings. The van der Waals surface area contributed by atoms with Gasteiger partial charge in [-0.15, -0.1) is 10.2 Å². The first-order chi connectivity index (χ1) is 14.1. The van der Waals surface area contributed by atoms with Crippen molar-refractivity contribution in [2.75, 3.05) is 19.0 Å². The molecule has 0 radical (unpaired) electrons. The van der Waals surface area contributed by atoms with E-state index in [2.05, 4.69) is 31.0 Å². The second kappa shape index (κ2) is 8.65. The van der Waals surface area contributed by atoms with Crippen LogP contribution >= 0.6 is 11.8 Å². The minimum Gasteiger partial charge on any atom is -0.486 e. The van der Waals surface area contributed by atoms with Crippen molar-refractivity contribution < 1.29 is 14.3 Å². The number of hydrogen-bond donors (Lipinski definition) is 0. The third-order valence-corrected chi connectivity index (χ3v) is 6.59. The molecule has 1 aromatic heterocycles. The van der Waals surface area contributed by atoms with E-state index in [0.717, 1.165) is 47.4 Å². The maximum Gasteiger partial charge on any atom is 0.233 e. The minimum absolute atomic E-state index is 0.182. The Kier molecular flexibility index (Phi) is 5.99. The first kappa shape index (κ1) is 20.1. The number of benzene rings is 1. The summed E-state index contributed by atoms with van der Waals surface area (Å²) in [6.07, 6.45) is 3.36. The maximum atomic E-state index is 12.8. The molecule has 0 unspecified atom stereocenters. The number of rotatable bonds is 5. The Morgan fingerprint density at radius 3 is 2.59 bits per heavy atom. The van der Waals surface area contributed by atoms with Crippen LogP contribution in [0.15, 0.2) is 23.4 Å². The number of carbonyl (C=O) groups is 1. The standard InChI is InChI=1S/C21H28N4O3S/c1-4-24-20(16-8-9-17-18(12-16)28-11-10-27-17)22-23-21(24)29-13-19(26)25-14(2)6-5-7-15(25)3/h8-9,12,14-15H,4-7,10-11,13H2,1-3H3/t14-,15-/m0/s1. The molecular formula is C21H28N4O3S. The Morgan fingerprint density at radius 2 is 1.86 bits per heavy atom. The van der Waals surface area contributed by atoms with Gasteiger partial charge in [-0.2, -0.15) is 0 Å². The fourth-order valence-electron chi connectivity index (χ4n) is 4.19. The van der Waals surface area contributed by atoms with Crippen LogP contribution in [0.4, 0.5) is 0 Å². The molecule has 0 bridgehead atoms. The van der Waals surface area contributed by atoms with Crippen LogP contribution in [0.25, 0.3) is 11.4 Å². The van der Waals surface area contributed by atoms with Crippen LogP contribution in [0.2, 0.25) is 0 Å². The molecule has 156 valence electrons. The molecule has 0 spiro atoms. The van der Waals surface area contributed by atoms with E-state index in [1.54, 1.807) is 0 Å². The van der Waals surface area contributed by atoms with Crippen molar-refractivity contribution in [3.05, 3.63) is 18.2 Å². The van der Waals surface area contributed by atoms with Crippen molar-refractivity contribution in [1.82, 2.24) is 19.7 Å². The van der Waals surface area contributed by atoms with E-state index in [9.17, 15) is 4.79 Å². The molecule has 2 aromatic rings. The monoisotopic (exact) mass is 416 g/mol. The average molecular weight is 417 g/mol. The highest BCUT2D eigenvalue weighted by Crippen LogP contribution is 2.35. The van der Waals surface area contributed by atoms with Crippen molar-refractivity contribution in [2.24, 2.45) is 0 Å². The summed E-state index contributed by atoms with van der Waals surface area (Å²) in [5.41, 5.74) is 0.931. The Balaban J connectivity index is 1.50. The maximum absolute atomic E-state index is 12.8. The minimum atomic E-state index is 0.182. The Bertz CT molecular complexity index is 875. The highest BCUT2D eigenvalue weighted by Gasteiger charge is 2.29. The molecule has 8 heteroatoms. The molecule has 3 heterocycles. The van der Waals surface area contributed by atoms with Gasteiger partial charge < -0.3 is 18.9 Å². The van der Waals surface area contributed by atoms with E-state index < -0.39 is 0 Å². The van der Waals surface area contributed by atoms with Gasteiger partial charge in [0.05, 0.1) is 5.75 Å². The molecule has 4 rings (SSSR count). The number of likely N-dealkylation sites (tertiary alicyclic amines) is 1. The number of aromatic nitrogens is 3. The van der Waals surface area contributed by atoms with Gasteiger partial charge in [0.25, 0.3) is 0 Å². The number of hydrogen-bond acceptors (Lipinski definition) is 6. The van der Waals surface area contributed by atoms with E-state index in [0.29, 0.717) is 31.1 Å². The lowest BCUT2D eigenvalue weighted by Gasteiger charge is -2.39. The van der Waals surface area contributed by atoms with Crippen molar-refractivity contribution in [3.63, 3.8) is 0 Å². The zero-order valence-electron chi connectivity index (χ0n) is 17.3. The molecule has 0 aliphatic carbocycles.